The zero-order chi connectivity index (χ0) is 22.5. The standard InChI is InChI=1S/C25H28ClN3O2S/c1-3-4-15-31-21-9-6-19(7-10-21)16-23-24(30)27-25(32-23)29-13-11-28(12-14-29)20-8-5-18(2)22(26)17-20/h5-10,16-17H,3-4,11-15H2,1-2H3/b23-16-. The van der Waals surface area contributed by atoms with E-state index in [1.807, 2.05) is 43.3 Å². The van der Waals surface area contributed by atoms with Crippen LogP contribution in [0.5, 0.6) is 5.75 Å². The van der Waals surface area contributed by atoms with Crippen LogP contribution in [0.15, 0.2) is 52.4 Å². The number of unbranched alkanes of at least 4 members (excludes halogenated alkanes) is 1. The first-order valence-electron chi connectivity index (χ1n) is 11.0. The van der Waals surface area contributed by atoms with Crippen molar-refractivity contribution in [1.82, 2.24) is 4.90 Å². The smallest absolute Gasteiger partial charge is 0.286 e. The summed E-state index contributed by atoms with van der Waals surface area (Å²) in [5, 5.41) is 1.59. The molecule has 4 rings (SSSR count). The summed E-state index contributed by atoms with van der Waals surface area (Å²) in [6.07, 6.45) is 4.06. The molecule has 5 nitrogen and oxygen atoms in total. The Hall–Kier alpha value is -2.44. The van der Waals surface area contributed by atoms with Gasteiger partial charge in [0.05, 0.1) is 11.5 Å². The van der Waals surface area contributed by atoms with E-state index < -0.39 is 0 Å². The van der Waals surface area contributed by atoms with Gasteiger partial charge >= 0.3 is 0 Å². The van der Waals surface area contributed by atoms with Crippen LogP contribution in [-0.2, 0) is 4.79 Å². The molecule has 0 unspecified atom stereocenters. The average Bonchev–Trinajstić information content (AvgIpc) is 3.17. The minimum atomic E-state index is -0.166. The van der Waals surface area contributed by atoms with Crippen LogP contribution in [-0.4, -0.2) is 48.8 Å². The highest BCUT2D eigenvalue weighted by Gasteiger charge is 2.28. The van der Waals surface area contributed by atoms with Crippen LogP contribution >= 0.6 is 23.4 Å². The summed E-state index contributed by atoms with van der Waals surface area (Å²) in [4.78, 5) is 22.0. The van der Waals surface area contributed by atoms with Gasteiger partial charge in [-0.05, 0) is 66.6 Å². The van der Waals surface area contributed by atoms with Gasteiger partial charge in [-0.15, -0.1) is 0 Å². The van der Waals surface area contributed by atoms with Crippen LogP contribution < -0.4 is 9.64 Å². The molecule has 2 aromatic rings. The van der Waals surface area contributed by atoms with Crippen LogP contribution in [0.4, 0.5) is 5.69 Å². The molecule has 2 aliphatic rings. The van der Waals surface area contributed by atoms with Crippen LogP contribution in [0, 0.1) is 6.92 Å². The number of halogens is 1. The molecule has 1 saturated heterocycles. The molecule has 1 amide bonds. The van der Waals surface area contributed by atoms with Gasteiger partial charge in [0.1, 0.15) is 5.75 Å². The van der Waals surface area contributed by atoms with Gasteiger partial charge in [-0.2, -0.15) is 4.99 Å². The lowest BCUT2D eigenvalue weighted by atomic mass is 10.2. The Morgan fingerprint density at radius 3 is 2.50 bits per heavy atom. The van der Waals surface area contributed by atoms with Crippen molar-refractivity contribution in [3.8, 4) is 5.75 Å². The summed E-state index contributed by atoms with van der Waals surface area (Å²) < 4.78 is 5.71. The zero-order valence-electron chi connectivity index (χ0n) is 18.5. The summed E-state index contributed by atoms with van der Waals surface area (Å²) in [6.45, 7) is 8.26. The summed E-state index contributed by atoms with van der Waals surface area (Å²) in [6, 6.07) is 14.1. The van der Waals surface area contributed by atoms with Gasteiger partial charge in [0.15, 0.2) is 5.17 Å². The molecule has 0 atom stereocenters. The summed E-state index contributed by atoms with van der Waals surface area (Å²) in [5.41, 5.74) is 3.20. The van der Waals surface area contributed by atoms with E-state index in [4.69, 9.17) is 16.3 Å². The van der Waals surface area contributed by atoms with Crippen LogP contribution in [0.1, 0.15) is 30.9 Å². The third kappa shape index (κ3) is 5.48. The zero-order valence-corrected chi connectivity index (χ0v) is 20.1. The first-order chi connectivity index (χ1) is 15.5. The molecule has 0 bridgehead atoms. The Labute approximate surface area is 199 Å². The summed E-state index contributed by atoms with van der Waals surface area (Å²) in [5.74, 6) is 0.691. The molecule has 0 spiro atoms. The Morgan fingerprint density at radius 1 is 1.09 bits per heavy atom. The summed E-state index contributed by atoms with van der Waals surface area (Å²) >= 11 is 7.75. The van der Waals surface area contributed by atoms with E-state index >= 15 is 0 Å². The molecule has 0 radical (unpaired) electrons. The third-order valence-corrected chi connectivity index (χ3v) is 7.08. The molecular weight excluding hydrogens is 442 g/mol. The lowest BCUT2D eigenvalue weighted by molar-refractivity contribution is -0.113. The van der Waals surface area contributed by atoms with Crippen molar-refractivity contribution in [2.75, 3.05) is 37.7 Å². The van der Waals surface area contributed by atoms with Gasteiger partial charge < -0.3 is 14.5 Å². The quantitative estimate of drug-likeness (QED) is 0.406. The predicted molar refractivity (Wildman–Crippen MR) is 135 cm³/mol. The molecule has 2 aliphatic heterocycles. The molecule has 1 fully saturated rings. The van der Waals surface area contributed by atoms with E-state index in [0.29, 0.717) is 4.91 Å². The Balaban J connectivity index is 1.33. The first kappa shape index (κ1) is 22.7. The maximum absolute atomic E-state index is 12.5. The van der Waals surface area contributed by atoms with Crippen LogP contribution in [0.3, 0.4) is 0 Å². The number of carbonyl (C=O) groups excluding carboxylic acids is 1. The maximum atomic E-state index is 12.5. The van der Waals surface area contributed by atoms with E-state index in [1.165, 1.54) is 11.8 Å². The molecular formula is C25H28ClN3O2S. The first-order valence-corrected chi connectivity index (χ1v) is 12.2. The van der Waals surface area contributed by atoms with E-state index in [1.54, 1.807) is 0 Å². The lowest BCUT2D eigenvalue weighted by Gasteiger charge is -2.36. The molecule has 2 aromatic carbocycles. The van der Waals surface area contributed by atoms with Crippen molar-refractivity contribution < 1.29 is 9.53 Å². The van der Waals surface area contributed by atoms with Crippen molar-refractivity contribution in [2.45, 2.75) is 26.7 Å². The molecule has 0 saturated carbocycles. The fraction of sp³-hybridized carbons (Fsp3) is 0.360. The number of carbonyl (C=O) groups is 1. The minimum Gasteiger partial charge on any atom is -0.494 e. The fourth-order valence-corrected chi connectivity index (χ4v) is 4.75. The highest BCUT2D eigenvalue weighted by Crippen LogP contribution is 2.32. The van der Waals surface area contributed by atoms with Gasteiger partial charge in [0, 0.05) is 36.9 Å². The number of anilines is 1. The minimum absolute atomic E-state index is 0.166. The van der Waals surface area contributed by atoms with Gasteiger partial charge in [-0.3, -0.25) is 4.79 Å². The Morgan fingerprint density at radius 2 is 1.81 bits per heavy atom. The van der Waals surface area contributed by atoms with Crippen molar-refractivity contribution in [3.05, 3.63) is 63.5 Å². The molecule has 32 heavy (non-hydrogen) atoms. The number of amidine groups is 1. The van der Waals surface area contributed by atoms with Gasteiger partial charge in [0.25, 0.3) is 5.91 Å². The molecule has 0 aliphatic carbocycles. The number of rotatable bonds is 6. The predicted octanol–water partition coefficient (Wildman–Crippen LogP) is 5.62. The second kappa shape index (κ2) is 10.5. The largest absolute Gasteiger partial charge is 0.494 e. The van der Waals surface area contributed by atoms with E-state index in [-0.39, 0.29) is 5.91 Å². The Kier molecular flexibility index (Phi) is 7.43. The second-order valence-electron chi connectivity index (χ2n) is 7.99. The topological polar surface area (TPSA) is 45.1 Å². The van der Waals surface area contributed by atoms with Gasteiger partial charge in [-0.25, -0.2) is 0 Å². The lowest BCUT2D eigenvalue weighted by Crippen LogP contribution is -2.47. The number of thioether (sulfide) groups is 1. The number of ether oxygens (including phenoxy) is 1. The van der Waals surface area contributed by atoms with E-state index in [2.05, 4.69) is 33.8 Å². The highest BCUT2D eigenvalue weighted by molar-refractivity contribution is 8.18. The van der Waals surface area contributed by atoms with Gasteiger partial charge in [-0.1, -0.05) is 43.1 Å². The normalized spacial score (nSPS) is 17.8. The number of aryl methyl sites for hydroxylation is 1. The fourth-order valence-electron chi connectivity index (χ4n) is 3.61. The molecule has 168 valence electrons. The number of piperazine rings is 1. The molecule has 2 heterocycles. The van der Waals surface area contributed by atoms with Crippen LogP contribution in [0.2, 0.25) is 5.02 Å². The van der Waals surface area contributed by atoms with Crippen molar-refractivity contribution in [2.24, 2.45) is 4.99 Å². The number of aliphatic imine (C=N–C) groups is 1. The van der Waals surface area contributed by atoms with Crippen molar-refractivity contribution in [3.63, 3.8) is 0 Å². The number of nitrogens with zero attached hydrogens (tertiary/aromatic N) is 3. The molecule has 0 N–H and O–H groups in total. The number of benzene rings is 2. The number of hydrogen-bond acceptors (Lipinski definition) is 5. The SMILES string of the molecule is CCCCOc1ccc(/C=C2\SC(N3CCN(c4ccc(C)c(Cl)c4)CC3)=NC2=O)cc1. The number of hydrogen-bond donors (Lipinski definition) is 0. The number of amides is 1. The molecule has 0 aromatic heterocycles. The van der Waals surface area contributed by atoms with Crippen LogP contribution in [0.25, 0.3) is 6.08 Å². The second-order valence-corrected chi connectivity index (χ2v) is 9.41. The molecule has 7 heteroatoms. The maximum Gasteiger partial charge on any atom is 0.286 e. The summed E-state index contributed by atoms with van der Waals surface area (Å²) in [7, 11) is 0. The van der Waals surface area contributed by atoms with E-state index in [9.17, 15) is 4.79 Å². The Bertz CT molecular complexity index is 1030. The monoisotopic (exact) mass is 469 g/mol. The van der Waals surface area contributed by atoms with Crippen molar-refractivity contribution in [1.29, 1.82) is 0 Å². The average molecular weight is 470 g/mol. The highest BCUT2D eigenvalue weighted by atomic mass is 35.5. The van der Waals surface area contributed by atoms with Crippen molar-refractivity contribution >= 4 is 46.2 Å². The third-order valence-electron chi connectivity index (χ3n) is 5.62. The van der Waals surface area contributed by atoms with E-state index in [0.717, 1.165) is 78.4 Å². The van der Waals surface area contributed by atoms with Gasteiger partial charge in [0.2, 0.25) is 0 Å².